The number of thioether (sulfide) groups is 1. The van der Waals surface area contributed by atoms with Crippen LogP contribution < -0.4 is 5.32 Å². The van der Waals surface area contributed by atoms with E-state index in [9.17, 15) is 9.59 Å². The smallest absolute Gasteiger partial charge is 0.234 e. The molecule has 156 valence electrons. The van der Waals surface area contributed by atoms with Crippen LogP contribution >= 0.6 is 23.1 Å². The van der Waals surface area contributed by atoms with Crippen molar-refractivity contribution in [3.05, 3.63) is 45.9 Å². The lowest BCUT2D eigenvalue weighted by molar-refractivity contribution is -0.130. The SMILES string of the molecule is CCc1nc(CN2CCN(C(=O)CSCC(=O)Nc3cccc(C)c3)CC2)cs1. The van der Waals surface area contributed by atoms with Crippen molar-refractivity contribution in [2.75, 3.05) is 43.0 Å². The number of carbonyl (C=O) groups excluding carboxylic acids is 2. The molecule has 1 N–H and O–H groups in total. The van der Waals surface area contributed by atoms with E-state index in [1.807, 2.05) is 36.1 Å². The van der Waals surface area contributed by atoms with Crippen LogP contribution in [0, 0.1) is 6.92 Å². The molecule has 1 aliphatic rings. The van der Waals surface area contributed by atoms with Gasteiger partial charge in [-0.3, -0.25) is 14.5 Å². The fraction of sp³-hybridized carbons (Fsp3) is 0.476. The molecule has 2 aromatic rings. The number of rotatable bonds is 8. The predicted octanol–water partition coefficient (Wildman–Crippen LogP) is 3.03. The monoisotopic (exact) mass is 432 g/mol. The minimum Gasteiger partial charge on any atom is -0.339 e. The van der Waals surface area contributed by atoms with E-state index < -0.39 is 0 Å². The lowest BCUT2D eigenvalue weighted by atomic mass is 10.2. The average molecular weight is 433 g/mol. The van der Waals surface area contributed by atoms with E-state index in [1.165, 1.54) is 16.8 Å². The second-order valence-electron chi connectivity index (χ2n) is 7.15. The van der Waals surface area contributed by atoms with Crippen LogP contribution in [0.1, 0.15) is 23.2 Å². The minimum atomic E-state index is -0.0760. The van der Waals surface area contributed by atoms with Crippen molar-refractivity contribution in [2.45, 2.75) is 26.8 Å². The van der Waals surface area contributed by atoms with Crippen LogP contribution in [0.5, 0.6) is 0 Å². The molecule has 2 heterocycles. The molecule has 0 bridgehead atoms. The number of benzene rings is 1. The van der Waals surface area contributed by atoms with E-state index in [4.69, 9.17) is 0 Å². The number of aromatic nitrogens is 1. The standard InChI is InChI=1S/C21H28N4O2S2/c1-3-20-23-18(13-29-20)12-24-7-9-25(10-8-24)21(27)15-28-14-19(26)22-17-6-4-5-16(2)11-17/h4-6,11,13H,3,7-10,12,14-15H2,1-2H3,(H,22,26). The first-order chi connectivity index (χ1) is 14.0. The van der Waals surface area contributed by atoms with Gasteiger partial charge >= 0.3 is 0 Å². The largest absolute Gasteiger partial charge is 0.339 e. The third-order valence-electron chi connectivity index (χ3n) is 4.77. The van der Waals surface area contributed by atoms with Gasteiger partial charge in [0.1, 0.15) is 0 Å². The third-order valence-corrected chi connectivity index (χ3v) is 6.73. The minimum absolute atomic E-state index is 0.0760. The number of carbonyl (C=O) groups is 2. The van der Waals surface area contributed by atoms with Crippen molar-refractivity contribution in [2.24, 2.45) is 0 Å². The topological polar surface area (TPSA) is 65.5 Å². The summed E-state index contributed by atoms with van der Waals surface area (Å²) >= 11 is 3.09. The molecule has 0 radical (unpaired) electrons. The average Bonchev–Trinajstić information content (AvgIpc) is 3.16. The summed E-state index contributed by atoms with van der Waals surface area (Å²) in [6.45, 7) is 8.16. The molecular weight excluding hydrogens is 404 g/mol. The van der Waals surface area contributed by atoms with Gasteiger partial charge in [-0.05, 0) is 31.0 Å². The van der Waals surface area contributed by atoms with Crippen LogP contribution in [0.4, 0.5) is 5.69 Å². The molecule has 1 aliphatic heterocycles. The van der Waals surface area contributed by atoms with Gasteiger partial charge in [0.05, 0.1) is 22.2 Å². The summed E-state index contributed by atoms with van der Waals surface area (Å²) in [6, 6.07) is 7.71. The molecule has 0 unspecified atom stereocenters. The quantitative estimate of drug-likeness (QED) is 0.695. The Balaban J connectivity index is 1.33. The van der Waals surface area contributed by atoms with E-state index in [-0.39, 0.29) is 17.6 Å². The highest BCUT2D eigenvalue weighted by atomic mass is 32.2. The highest BCUT2D eigenvalue weighted by Gasteiger charge is 2.21. The number of anilines is 1. The van der Waals surface area contributed by atoms with Gasteiger partial charge < -0.3 is 10.2 Å². The molecule has 2 amide bonds. The van der Waals surface area contributed by atoms with Crippen LogP contribution in [-0.4, -0.2) is 64.3 Å². The predicted molar refractivity (Wildman–Crippen MR) is 120 cm³/mol. The first-order valence-electron chi connectivity index (χ1n) is 9.91. The lowest BCUT2D eigenvalue weighted by Gasteiger charge is -2.34. The van der Waals surface area contributed by atoms with Crippen LogP contribution in [-0.2, 0) is 22.6 Å². The van der Waals surface area contributed by atoms with Crippen LogP contribution in [0.15, 0.2) is 29.6 Å². The van der Waals surface area contributed by atoms with Crippen LogP contribution in [0.3, 0.4) is 0 Å². The van der Waals surface area contributed by atoms with Gasteiger partial charge in [-0.2, -0.15) is 0 Å². The summed E-state index contributed by atoms with van der Waals surface area (Å²) in [4.78, 5) is 33.4. The Hall–Kier alpha value is -1.90. The number of nitrogens with one attached hydrogen (secondary N) is 1. The van der Waals surface area contributed by atoms with Gasteiger partial charge in [-0.15, -0.1) is 23.1 Å². The molecule has 0 saturated carbocycles. The van der Waals surface area contributed by atoms with Gasteiger partial charge in [0, 0.05) is 43.8 Å². The Morgan fingerprint density at radius 2 is 2.00 bits per heavy atom. The maximum Gasteiger partial charge on any atom is 0.234 e. The maximum atomic E-state index is 12.4. The molecule has 1 aromatic heterocycles. The Labute approximate surface area is 180 Å². The molecule has 0 spiro atoms. The molecular formula is C21H28N4O2S2. The normalized spacial score (nSPS) is 14.8. The highest BCUT2D eigenvalue weighted by Crippen LogP contribution is 2.15. The Bertz CT molecular complexity index is 832. The summed E-state index contributed by atoms with van der Waals surface area (Å²) in [5.74, 6) is 0.657. The van der Waals surface area contributed by atoms with Crippen molar-refractivity contribution in [1.82, 2.24) is 14.8 Å². The molecule has 1 saturated heterocycles. The second-order valence-corrected chi connectivity index (χ2v) is 9.08. The number of thiazole rings is 1. The Kier molecular flexibility index (Phi) is 8.09. The molecule has 0 atom stereocenters. The number of nitrogens with zero attached hydrogens (tertiary/aromatic N) is 3. The number of hydrogen-bond acceptors (Lipinski definition) is 6. The molecule has 29 heavy (non-hydrogen) atoms. The van der Waals surface area contributed by atoms with E-state index in [0.29, 0.717) is 5.75 Å². The highest BCUT2D eigenvalue weighted by molar-refractivity contribution is 8.00. The first kappa shape index (κ1) is 21.8. The van der Waals surface area contributed by atoms with E-state index in [2.05, 4.69) is 27.5 Å². The summed E-state index contributed by atoms with van der Waals surface area (Å²) < 4.78 is 0. The summed E-state index contributed by atoms with van der Waals surface area (Å²) in [6.07, 6.45) is 0.980. The van der Waals surface area contributed by atoms with Gasteiger partial charge in [-0.25, -0.2) is 4.98 Å². The van der Waals surface area contributed by atoms with Crippen molar-refractivity contribution in [3.63, 3.8) is 0 Å². The van der Waals surface area contributed by atoms with Crippen molar-refractivity contribution < 1.29 is 9.59 Å². The van der Waals surface area contributed by atoms with Gasteiger partial charge in [0.15, 0.2) is 0 Å². The summed E-state index contributed by atoms with van der Waals surface area (Å²) in [7, 11) is 0. The Morgan fingerprint density at radius 3 is 2.69 bits per heavy atom. The molecule has 1 fully saturated rings. The van der Waals surface area contributed by atoms with Crippen LogP contribution in [0.25, 0.3) is 0 Å². The number of hydrogen-bond donors (Lipinski definition) is 1. The third kappa shape index (κ3) is 6.83. The van der Waals surface area contributed by atoms with Gasteiger partial charge in [0.2, 0.25) is 11.8 Å². The van der Waals surface area contributed by atoms with Crippen molar-refractivity contribution in [1.29, 1.82) is 0 Å². The zero-order valence-electron chi connectivity index (χ0n) is 17.0. The number of piperazine rings is 1. The maximum absolute atomic E-state index is 12.4. The van der Waals surface area contributed by atoms with E-state index in [0.717, 1.165) is 56.1 Å². The number of aryl methyl sites for hydroxylation is 2. The van der Waals surface area contributed by atoms with Crippen LogP contribution in [0.2, 0.25) is 0 Å². The fourth-order valence-corrected chi connectivity index (χ4v) is 4.66. The summed E-state index contributed by atoms with van der Waals surface area (Å²) in [5, 5.41) is 6.19. The number of amides is 2. The first-order valence-corrected chi connectivity index (χ1v) is 11.9. The van der Waals surface area contributed by atoms with E-state index >= 15 is 0 Å². The zero-order valence-corrected chi connectivity index (χ0v) is 18.7. The lowest BCUT2D eigenvalue weighted by Crippen LogP contribution is -2.48. The Morgan fingerprint density at radius 1 is 1.21 bits per heavy atom. The van der Waals surface area contributed by atoms with E-state index in [1.54, 1.807) is 11.3 Å². The van der Waals surface area contributed by atoms with Crippen molar-refractivity contribution in [3.8, 4) is 0 Å². The molecule has 0 aliphatic carbocycles. The van der Waals surface area contributed by atoms with Gasteiger partial charge in [0.25, 0.3) is 0 Å². The molecule has 8 heteroatoms. The van der Waals surface area contributed by atoms with Crippen molar-refractivity contribution >= 4 is 40.6 Å². The zero-order chi connectivity index (χ0) is 20.6. The second kappa shape index (κ2) is 10.8. The fourth-order valence-electron chi connectivity index (χ4n) is 3.21. The molecule has 1 aromatic carbocycles. The van der Waals surface area contributed by atoms with Gasteiger partial charge in [-0.1, -0.05) is 19.1 Å². The molecule has 3 rings (SSSR count). The summed E-state index contributed by atoms with van der Waals surface area (Å²) in [5.41, 5.74) is 3.02. The molecule has 6 nitrogen and oxygen atoms in total.